The van der Waals surface area contributed by atoms with Gasteiger partial charge in [0.15, 0.2) is 11.5 Å². The predicted molar refractivity (Wildman–Crippen MR) is 163 cm³/mol. The molecule has 0 aliphatic carbocycles. The molecule has 206 valence electrons. The molecule has 2 heterocycles. The second-order valence-electron chi connectivity index (χ2n) is 9.12. The number of ether oxygens (including phenoxy) is 2. The summed E-state index contributed by atoms with van der Waals surface area (Å²) < 4.78 is 13.6. The standard InChI is InChI=1S/C29H27BrClN5O3S/c1-16-9-5-8-12-22(16)33-27(37)24-17(2)32-28-34-29(40-15-18-10-6-7-11-21(18)31)35-36(28)25(24)19-13-20(30)26(39-4)23(14-19)38-3/h5-14,25H,15H2,1-4H3,(H,33,37)(H,32,34,35). The number of allylic oxidation sites excluding steroid dienone is 1. The summed E-state index contributed by atoms with van der Waals surface area (Å²) in [6.07, 6.45) is 0. The zero-order chi connectivity index (χ0) is 28.4. The van der Waals surface area contributed by atoms with Crippen LogP contribution in [-0.4, -0.2) is 34.9 Å². The van der Waals surface area contributed by atoms with Crippen molar-refractivity contribution in [3.8, 4) is 11.5 Å². The van der Waals surface area contributed by atoms with E-state index in [2.05, 4.69) is 26.6 Å². The summed E-state index contributed by atoms with van der Waals surface area (Å²) in [4.78, 5) is 18.6. The molecule has 0 radical (unpaired) electrons. The Bertz CT molecular complexity index is 1620. The van der Waals surface area contributed by atoms with Gasteiger partial charge in [-0.1, -0.05) is 59.8 Å². The number of hydrogen-bond donors (Lipinski definition) is 2. The van der Waals surface area contributed by atoms with Crippen molar-refractivity contribution in [2.45, 2.75) is 30.8 Å². The lowest BCUT2D eigenvalue weighted by atomic mass is 9.94. The molecule has 0 spiro atoms. The van der Waals surface area contributed by atoms with Crippen molar-refractivity contribution >= 4 is 56.8 Å². The largest absolute Gasteiger partial charge is 0.493 e. The van der Waals surface area contributed by atoms with Crippen molar-refractivity contribution < 1.29 is 14.3 Å². The van der Waals surface area contributed by atoms with Crippen LogP contribution in [0.2, 0.25) is 5.02 Å². The molecule has 0 saturated heterocycles. The van der Waals surface area contributed by atoms with Gasteiger partial charge in [0.05, 0.1) is 24.3 Å². The minimum Gasteiger partial charge on any atom is -0.493 e. The van der Waals surface area contributed by atoms with Crippen molar-refractivity contribution in [2.24, 2.45) is 0 Å². The number of nitrogens with zero attached hydrogens (tertiary/aromatic N) is 3. The molecule has 1 atom stereocenters. The smallest absolute Gasteiger partial charge is 0.255 e. The molecule has 1 aliphatic heterocycles. The third kappa shape index (κ3) is 5.56. The number of carbonyl (C=O) groups is 1. The van der Waals surface area contributed by atoms with Crippen molar-refractivity contribution in [3.05, 3.63) is 98.1 Å². The number of carbonyl (C=O) groups excluding carboxylic acids is 1. The van der Waals surface area contributed by atoms with Gasteiger partial charge < -0.3 is 20.1 Å². The number of aryl methyl sites for hydroxylation is 1. The number of nitrogens with one attached hydrogen (secondary N) is 2. The van der Waals surface area contributed by atoms with Crippen molar-refractivity contribution in [3.63, 3.8) is 0 Å². The first kappa shape index (κ1) is 28.1. The maximum atomic E-state index is 13.9. The third-order valence-corrected chi connectivity index (χ3v) is 8.40. The number of benzene rings is 3. The van der Waals surface area contributed by atoms with E-state index < -0.39 is 6.04 Å². The SMILES string of the molecule is COc1cc(C2C(C(=O)Nc3ccccc3C)=C(C)Nc3nc(SCc4ccccc4Cl)nn32)cc(Br)c1OC. The summed E-state index contributed by atoms with van der Waals surface area (Å²) in [5.74, 6) is 1.96. The Kier molecular flexibility index (Phi) is 8.39. The van der Waals surface area contributed by atoms with Gasteiger partial charge in [-0.05, 0) is 70.7 Å². The molecule has 1 unspecified atom stereocenters. The molecule has 1 aliphatic rings. The average molecular weight is 641 g/mol. The maximum absolute atomic E-state index is 13.9. The molecule has 8 nitrogen and oxygen atoms in total. The molecule has 0 bridgehead atoms. The van der Waals surface area contributed by atoms with Crippen LogP contribution >= 0.6 is 39.3 Å². The quantitative estimate of drug-likeness (QED) is 0.196. The molecule has 3 aromatic carbocycles. The van der Waals surface area contributed by atoms with E-state index in [1.54, 1.807) is 18.9 Å². The first-order valence-corrected chi connectivity index (χ1v) is 14.5. The van der Waals surface area contributed by atoms with Gasteiger partial charge >= 0.3 is 0 Å². The average Bonchev–Trinajstić information content (AvgIpc) is 3.34. The van der Waals surface area contributed by atoms with Crippen molar-refractivity contribution in [2.75, 3.05) is 24.9 Å². The van der Waals surface area contributed by atoms with Gasteiger partial charge in [0.25, 0.3) is 5.91 Å². The Balaban J connectivity index is 1.57. The second kappa shape index (κ2) is 12.0. The molecular weight excluding hydrogens is 614 g/mol. The summed E-state index contributed by atoms with van der Waals surface area (Å²) in [5, 5.41) is 12.5. The number of aromatic nitrogens is 3. The third-order valence-electron chi connectivity index (χ3n) is 6.56. The Labute approximate surface area is 250 Å². The summed E-state index contributed by atoms with van der Waals surface area (Å²) in [7, 11) is 3.16. The number of hydrogen-bond acceptors (Lipinski definition) is 7. The predicted octanol–water partition coefficient (Wildman–Crippen LogP) is 7.24. The summed E-state index contributed by atoms with van der Waals surface area (Å²) in [6, 6.07) is 18.5. The van der Waals surface area contributed by atoms with Gasteiger partial charge in [-0.3, -0.25) is 4.79 Å². The van der Waals surface area contributed by atoms with Crippen LogP contribution in [0, 0.1) is 6.92 Å². The molecule has 0 saturated carbocycles. The highest BCUT2D eigenvalue weighted by atomic mass is 79.9. The Hall–Kier alpha value is -3.47. The normalized spacial score (nSPS) is 14.4. The van der Waals surface area contributed by atoms with Gasteiger partial charge in [0.1, 0.15) is 6.04 Å². The van der Waals surface area contributed by atoms with Crippen LogP contribution in [0.25, 0.3) is 0 Å². The van der Waals surface area contributed by atoms with E-state index in [0.717, 1.165) is 22.4 Å². The first-order valence-electron chi connectivity index (χ1n) is 12.4. The zero-order valence-electron chi connectivity index (χ0n) is 22.3. The van der Waals surface area contributed by atoms with Gasteiger partial charge in [-0.15, -0.1) is 5.10 Å². The second-order valence-corrected chi connectivity index (χ2v) is 11.3. The fourth-order valence-electron chi connectivity index (χ4n) is 4.55. The summed E-state index contributed by atoms with van der Waals surface area (Å²) in [5.41, 5.74) is 4.63. The van der Waals surface area contributed by atoms with Crippen LogP contribution in [0.15, 0.2) is 81.6 Å². The van der Waals surface area contributed by atoms with Gasteiger partial charge in [0, 0.05) is 22.2 Å². The van der Waals surface area contributed by atoms with Crippen LogP contribution in [0.4, 0.5) is 11.6 Å². The first-order chi connectivity index (χ1) is 19.3. The van der Waals surface area contributed by atoms with E-state index in [1.165, 1.54) is 11.8 Å². The number of thioether (sulfide) groups is 1. The molecule has 0 fully saturated rings. The van der Waals surface area contributed by atoms with Crippen LogP contribution in [0.3, 0.4) is 0 Å². The number of fused-ring (bicyclic) bond motifs is 1. The van der Waals surface area contributed by atoms with Crippen LogP contribution in [0.5, 0.6) is 11.5 Å². The fraction of sp³-hybridized carbons (Fsp3) is 0.207. The molecule has 2 N–H and O–H groups in total. The fourth-order valence-corrected chi connectivity index (χ4v) is 6.29. The van der Waals surface area contributed by atoms with Crippen LogP contribution in [0.1, 0.15) is 29.7 Å². The summed E-state index contributed by atoms with van der Waals surface area (Å²) >= 11 is 11.4. The van der Waals surface area contributed by atoms with Gasteiger partial charge in [-0.2, -0.15) is 4.98 Å². The van der Waals surface area contributed by atoms with E-state index in [1.807, 2.05) is 74.5 Å². The highest BCUT2D eigenvalue weighted by Crippen LogP contribution is 2.43. The van der Waals surface area contributed by atoms with E-state index in [-0.39, 0.29) is 5.91 Å². The highest BCUT2D eigenvalue weighted by Gasteiger charge is 2.35. The monoisotopic (exact) mass is 639 g/mol. The molecule has 11 heteroatoms. The van der Waals surface area contributed by atoms with Crippen molar-refractivity contribution in [1.82, 2.24) is 14.8 Å². The van der Waals surface area contributed by atoms with Crippen molar-refractivity contribution in [1.29, 1.82) is 0 Å². The Morgan fingerprint density at radius 3 is 2.60 bits per heavy atom. The highest BCUT2D eigenvalue weighted by molar-refractivity contribution is 9.10. The number of halogens is 2. The van der Waals surface area contributed by atoms with Crippen LogP contribution in [-0.2, 0) is 10.5 Å². The molecule has 1 amide bonds. The topological polar surface area (TPSA) is 90.3 Å². The minimum absolute atomic E-state index is 0.248. The summed E-state index contributed by atoms with van der Waals surface area (Å²) in [6.45, 7) is 3.82. The number of para-hydroxylation sites is 1. The number of amides is 1. The van der Waals surface area contributed by atoms with E-state index in [9.17, 15) is 4.79 Å². The number of anilines is 2. The molecule has 1 aromatic heterocycles. The molecule has 4 aromatic rings. The maximum Gasteiger partial charge on any atom is 0.255 e. The lowest BCUT2D eigenvalue weighted by molar-refractivity contribution is -0.113. The molecule has 5 rings (SSSR count). The molecule has 40 heavy (non-hydrogen) atoms. The number of rotatable bonds is 8. The minimum atomic E-state index is -0.599. The van der Waals surface area contributed by atoms with Crippen LogP contribution < -0.4 is 20.1 Å². The lowest BCUT2D eigenvalue weighted by Gasteiger charge is -2.29. The number of methoxy groups -OCH3 is 2. The van der Waals surface area contributed by atoms with E-state index in [0.29, 0.717) is 49.1 Å². The van der Waals surface area contributed by atoms with Gasteiger partial charge in [-0.25, -0.2) is 4.68 Å². The van der Waals surface area contributed by atoms with E-state index in [4.69, 9.17) is 31.2 Å². The Morgan fingerprint density at radius 1 is 1.12 bits per heavy atom. The lowest BCUT2D eigenvalue weighted by Crippen LogP contribution is -2.31. The van der Waals surface area contributed by atoms with Gasteiger partial charge in [0.2, 0.25) is 11.1 Å². The molecular formula is C29H27BrClN5O3S. The Morgan fingerprint density at radius 2 is 1.88 bits per heavy atom. The zero-order valence-corrected chi connectivity index (χ0v) is 25.4. The van der Waals surface area contributed by atoms with E-state index >= 15 is 0 Å².